The van der Waals surface area contributed by atoms with Crippen molar-refractivity contribution in [3.8, 4) is 0 Å². The van der Waals surface area contributed by atoms with Gasteiger partial charge in [0.1, 0.15) is 5.82 Å². The van der Waals surface area contributed by atoms with Crippen LogP contribution in [-0.4, -0.2) is 23.6 Å². The first kappa shape index (κ1) is 16.3. The van der Waals surface area contributed by atoms with Crippen LogP contribution < -0.4 is 10.2 Å². The molecule has 0 aromatic carbocycles. The van der Waals surface area contributed by atoms with Crippen molar-refractivity contribution in [3.05, 3.63) is 23.4 Å². The zero-order valence-electron chi connectivity index (χ0n) is 14.6. The largest absolute Gasteiger partial charge is 0.356 e. The van der Waals surface area contributed by atoms with Crippen LogP contribution in [0.1, 0.15) is 58.7 Å². The van der Waals surface area contributed by atoms with Crippen LogP contribution in [0.2, 0.25) is 0 Å². The lowest BCUT2D eigenvalue weighted by atomic mass is 9.84. The molecule has 1 N–H and O–H groups in total. The molecule has 118 valence electrons. The first-order chi connectivity index (χ1) is 9.65. The van der Waals surface area contributed by atoms with Crippen molar-refractivity contribution < 1.29 is 0 Å². The zero-order chi connectivity index (χ0) is 15.7. The minimum atomic E-state index is 0.143. The van der Waals surface area contributed by atoms with Crippen LogP contribution in [0.5, 0.6) is 0 Å². The third-order valence-corrected chi connectivity index (χ3v) is 4.05. The summed E-state index contributed by atoms with van der Waals surface area (Å²) in [6.45, 7) is 16.6. The number of nitrogens with zero attached hydrogens (tertiary/aromatic N) is 2. The monoisotopic (exact) mass is 289 g/mol. The molecule has 0 atom stereocenters. The van der Waals surface area contributed by atoms with Gasteiger partial charge >= 0.3 is 0 Å². The molecule has 0 unspecified atom stereocenters. The molecule has 2 rings (SSSR count). The van der Waals surface area contributed by atoms with E-state index in [4.69, 9.17) is 4.98 Å². The maximum Gasteiger partial charge on any atom is 0.129 e. The number of hydrogen-bond acceptors (Lipinski definition) is 3. The van der Waals surface area contributed by atoms with E-state index in [-0.39, 0.29) is 5.54 Å². The van der Waals surface area contributed by atoms with Gasteiger partial charge in [0.05, 0.1) is 0 Å². The molecule has 21 heavy (non-hydrogen) atoms. The van der Waals surface area contributed by atoms with Gasteiger partial charge in [0, 0.05) is 30.9 Å². The summed E-state index contributed by atoms with van der Waals surface area (Å²) >= 11 is 0. The second-order valence-electron chi connectivity index (χ2n) is 8.27. The molecule has 0 spiro atoms. The SMILES string of the molecule is Cc1cc(CNC(C)(C)C)cc(N2CCCC(C)(C)C2)n1. The Balaban J connectivity index is 2.15. The summed E-state index contributed by atoms with van der Waals surface area (Å²) in [7, 11) is 0. The standard InChI is InChI=1S/C18H31N3/c1-14-10-15(12-19-17(2,3)4)11-16(20-14)21-9-7-8-18(5,6)13-21/h10-11,19H,7-9,12-13H2,1-6H3. The first-order valence-corrected chi connectivity index (χ1v) is 8.12. The third kappa shape index (κ3) is 4.99. The van der Waals surface area contributed by atoms with E-state index in [2.05, 4.69) is 63.9 Å². The van der Waals surface area contributed by atoms with Gasteiger partial charge in [0.25, 0.3) is 0 Å². The Labute approximate surface area is 130 Å². The number of hydrogen-bond donors (Lipinski definition) is 1. The highest BCUT2D eigenvalue weighted by molar-refractivity contribution is 5.43. The summed E-state index contributed by atoms with van der Waals surface area (Å²) in [6, 6.07) is 4.45. The van der Waals surface area contributed by atoms with Gasteiger partial charge in [-0.1, -0.05) is 13.8 Å². The zero-order valence-corrected chi connectivity index (χ0v) is 14.6. The number of nitrogens with one attached hydrogen (secondary N) is 1. The molecule has 0 saturated carbocycles. The van der Waals surface area contributed by atoms with E-state index in [1.807, 2.05) is 0 Å². The molecule has 1 fully saturated rings. The van der Waals surface area contributed by atoms with E-state index in [9.17, 15) is 0 Å². The molecule has 0 aliphatic carbocycles. The summed E-state index contributed by atoms with van der Waals surface area (Å²) in [5.41, 5.74) is 2.98. The van der Waals surface area contributed by atoms with Gasteiger partial charge in [-0.15, -0.1) is 0 Å². The Morgan fingerprint density at radius 1 is 1.29 bits per heavy atom. The predicted molar refractivity (Wildman–Crippen MR) is 90.8 cm³/mol. The second kappa shape index (κ2) is 5.96. The fourth-order valence-electron chi connectivity index (χ4n) is 2.97. The predicted octanol–water partition coefficient (Wildman–Crippen LogP) is 3.90. The number of pyridine rings is 1. The molecule has 2 heterocycles. The third-order valence-electron chi connectivity index (χ3n) is 4.05. The number of aryl methyl sites for hydroxylation is 1. The number of anilines is 1. The van der Waals surface area contributed by atoms with Crippen molar-refractivity contribution in [2.75, 3.05) is 18.0 Å². The Morgan fingerprint density at radius 3 is 2.62 bits per heavy atom. The Morgan fingerprint density at radius 2 is 2.00 bits per heavy atom. The number of piperidine rings is 1. The molecule has 3 nitrogen and oxygen atoms in total. The summed E-state index contributed by atoms with van der Waals surface area (Å²) in [5.74, 6) is 1.15. The van der Waals surface area contributed by atoms with Gasteiger partial charge in [0.15, 0.2) is 0 Å². The van der Waals surface area contributed by atoms with E-state index >= 15 is 0 Å². The molecule has 1 aromatic rings. The summed E-state index contributed by atoms with van der Waals surface area (Å²) in [5, 5.41) is 3.57. The quantitative estimate of drug-likeness (QED) is 0.914. The number of rotatable bonds is 3. The van der Waals surface area contributed by atoms with Crippen LogP contribution in [0.4, 0.5) is 5.82 Å². The molecule has 1 aliphatic heterocycles. The fraction of sp³-hybridized carbons (Fsp3) is 0.722. The van der Waals surface area contributed by atoms with Gasteiger partial charge in [-0.25, -0.2) is 4.98 Å². The van der Waals surface area contributed by atoms with Crippen LogP contribution in [0, 0.1) is 12.3 Å². The lowest BCUT2D eigenvalue weighted by molar-refractivity contribution is 0.292. The van der Waals surface area contributed by atoms with E-state index < -0.39 is 0 Å². The normalized spacial score (nSPS) is 18.9. The van der Waals surface area contributed by atoms with Gasteiger partial charge in [-0.2, -0.15) is 0 Å². The van der Waals surface area contributed by atoms with E-state index in [0.29, 0.717) is 5.41 Å². The molecular weight excluding hydrogens is 258 g/mol. The van der Waals surface area contributed by atoms with Crippen LogP contribution in [-0.2, 0) is 6.54 Å². The van der Waals surface area contributed by atoms with Crippen molar-refractivity contribution in [1.82, 2.24) is 10.3 Å². The molecule has 0 radical (unpaired) electrons. The lowest BCUT2D eigenvalue weighted by Gasteiger charge is -2.39. The highest BCUT2D eigenvalue weighted by Gasteiger charge is 2.27. The maximum absolute atomic E-state index is 4.77. The maximum atomic E-state index is 4.77. The molecule has 1 aliphatic rings. The van der Waals surface area contributed by atoms with Gasteiger partial charge in [0.2, 0.25) is 0 Å². The molecule has 0 amide bonds. The molecule has 0 bridgehead atoms. The van der Waals surface area contributed by atoms with Gasteiger partial charge in [-0.3, -0.25) is 0 Å². The average Bonchev–Trinajstić information content (AvgIpc) is 2.34. The molecule has 1 aromatic heterocycles. The first-order valence-electron chi connectivity index (χ1n) is 8.12. The van der Waals surface area contributed by atoms with Gasteiger partial charge in [-0.05, 0) is 63.6 Å². The highest BCUT2D eigenvalue weighted by Crippen LogP contribution is 2.31. The Kier molecular flexibility index (Phi) is 4.62. The van der Waals surface area contributed by atoms with Crippen molar-refractivity contribution in [2.45, 2.75) is 66.5 Å². The topological polar surface area (TPSA) is 28.2 Å². The highest BCUT2D eigenvalue weighted by atomic mass is 15.2. The minimum Gasteiger partial charge on any atom is -0.356 e. The second-order valence-corrected chi connectivity index (χ2v) is 8.27. The lowest BCUT2D eigenvalue weighted by Crippen LogP contribution is -2.40. The van der Waals surface area contributed by atoms with Crippen molar-refractivity contribution in [1.29, 1.82) is 0 Å². The summed E-state index contributed by atoms with van der Waals surface area (Å²) in [6.07, 6.45) is 2.58. The molecular formula is C18H31N3. The number of aromatic nitrogens is 1. The Bertz CT molecular complexity index is 486. The minimum absolute atomic E-state index is 0.143. The molecule has 3 heteroatoms. The van der Waals surface area contributed by atoms with Crippen molar-refractivity contribution in [2.24, 2.45) is 5.41 Å². The van der Waals surface area contributed by atoms with Crippen molar-refractivity contribution in [3.63, 3.8) is 0 Å². The summed E-state index contributed by atoms with van der Waals surface area (Å²) in [4.78, 5) is 7.22. The smallest absolute Gasteiger partial charge is 0.129 e. The van der Waals surface area contributed by atoms with Gasteiger partial charge < -0.3 is 10.2 Å². The van der Waals surface area contributed by atoms with Crippen LogP contribution in [0.3, 0.4) is 0 Å². The van der Waals surface area contributed by atoms with Crippen LogP contribution in [0.25, 0.3) is 0 Å². The van der Waals surface area contributed by atoms with Crippen LogP contribution >= 0.6 is 0 Å². The molecule has 1 saturated heterocycles. The summed E-state index contributed by atoms with van der Waals surface area (Å²) < 4.78 is 0. The van der Waals surface area contributed by atoms with Crippen LogP contribution in [0.15, 0.2) is 12.1 Å². The average molecular weight is 289 g/mol. The van der Waals surface area contributed by atoms with E-state index in [1.54, 1.807) is 0 Å². The fourth-order valence-corrected chi connectivity index (χ4v) is 2.97. The Hall–Kier alpha value is -1.09. The van der Waals surface area contributed by atoms with Crippen molar-refractivity contribution >= 4 is 5.82 Å². The van der Waals surface area contributed by atoms with E-state index in [0.717, 1.165) is 31.1 Å². The van der Waals surface area contributed by atoms with E-state index in [1.165, 1.54) is 18.4 Å².